The van der Waals surface area contributed by atoms with Crippen LogP contribution >= 0.6 is 11.5 Å². The summed E-state index contributed by atoms with van der Waals surface area (Å²) < 4.78 is 9.13. The van der Waals surface area contributed by atoms with Crippen molar-refractivity contribution in [3.63, 3.8) is 0 Å². The molecule has 3 atom stereocenters. The maximum Gasteiger partial charge on any atom is 0.265 e. The van der Waals surface area contributed by atoms with Gasteiger partial charge >= 0.3 is 0 Å². The number of methoxy groups -OCH3 is 1. The van der Waals surface area contributed by atoms with Gasteiger partial charge in [0.2, 0.25) is 0 Å². The van der Waals surface area contributed by atoms with E-state index in [0.29, 0.717) is 22.4 Å². The molecule has 2 aliphatic carbocycles. The van der Waals surface area contributed by atoms with Gasteiger partial charge in [0.25, 0.3) is 5.91 Å². The third-order valence-corrected chi connectivity index (χ3v) is 5.72. The lowest BCUT2D eigenvalue weighted by Gasteiger charge is -2.18. The number of aromatic nitrogens is 2. The fourth-order valence-corrected chi connectivity index (χ4v) is 4.32. The van der Waals surface area contributed by atoms with Crippen molar-refractivity contribution >= 4 is 17.4 Å². The molecule has 1 amide bonds. The Morgan fingerprint density at radius 2 is 2.12 bits per heavy atom. The number of hydrogen-bond donors (Lipinski definition) is 1. The van der Waals surface area contributed by atoms with E-state index >= 15 is 0 Å². The SMILES string of the molecule is COc1ccc(-c2nnsc2C(=O)NC[C@H]2C[C@H]3C=C[C@H]2C3)cc1. The number of benzene rings is 1. The number of carbonyl (C=O) groups excluding carboxylic acids is 1. The number of nitrogens with zero attached hydrogens (tertiary/aromatic N) is 2. The summed E-state index contributed by atoms with van der Waals surface area (Å²) >= 11 is 1.14. The molecule has 124 valence electrons. The van der Waals surface area contributed by atoms with Crippen LogP contribution in [0.15, 0.2) is 36.4 Å². The van der Waals surface area contributed by atoms with E-state index in [1.807, 2.05) is 24.3 Å². The molecular formula is C18H19N3O2S. The second-order valence-corrected chi connectivity index (χ2v) is 7.18. The van der Waals surface area contributed by atoms with Gasteiger partial charge in [0.15, 0.2) is 0 Å². The van der Waals surface area contributed by atoms with E-state index in [1.54, 1.807) is 7.11 Å². The quantitative estimate of drug-likeness (QED) is 0.849. The minimum Gasteiger partial charge on any atom is -0.497 e. The first kappa shape index (κ1) is 15.3. The molecule has 2 aliphatic rings. The summed E-state index contributed by atoms with van der Waals surface area (Å²) in [6.45, 7) is 0.726. The standard InChI is InChI=1S/C18H19N3O2S/c1-23-15-6-4-12(5-7-15)16-17(24-21-20-16)18(22)19-10-14-9-11-2-3-13(14)8-11/h2-7,11,13-14H,8-10H2,1H3,(H,19,22)/t11-,13-,14+/m0/s1. The van der Waals surface area contributed by atoms with Crippen molar-refractivity contribution in [1.29, 1.82) is 0 Å². The Kier molecular flexibility index (Phi) is 4.06. The molecule has 1 N–H and O–H groups in total. The number of ether oxygens (including phenoxy) is 1. The van der Waals surface area contributed by atoms with Crippen LogP contribution in [-0.2, 0) is 0 Å². The molecule has 0 radical (unpaired) electrons. The number of carbonyl (C=O) groups is 1. The Morgan fingerprint density at radius 1 is 1.29 bits per heavy atom. The van der Waals surface area contributed by atoms with Crippen LogP contribution in [0.3, 0.4) is 0 Å². The molecule has 1 fully saturated rings. The zero-order valence-electron chi connectivity index (χ0n) is 13.4. The predicted molar refractivity (Wildman–Crippen MR) is 93.1 cm³/mol. The highest BCUT2D eigenvalue weighted by atomic mass is 32.1. The second-order valence-electron chi connectivity index (χ2n) is 6.43. The highest BCUT2D eigenvalue weighted by Gasteiger charge is 2.35. The van der Waals surface area contributed by atoms with Gasteiger partial charge in [0.05, 0.1) is 7.11 Å². The van der Waals surface area contributed by atoms with Crippen LogP contribution in [0.4, 0.5) is 0 Å². The molecule has 1 aromatic carbocycles. The highest BCUT2D eigenvalue weighted by Crippen LogP contribution is 2.43. The smallest absolute Gasteiger partial charge is 0.265 e. The third kappa shape index (κ3) is 2.82. The van der Waals surface area contributed by atoms with Crippen molar-refractivity contribution in [2.75, 3.05) is 13.7 Å². The molecule has 24 heavy (non-hydrogen) atoms. The molecule has 4 rings (SSSR count). The van der Waals surface area contributed by atoms with Gasteiger partial charge in [0, 0.05) is 12.1 Å². The number of fused-ring (bicyclic) bond motifs is 2. The zero-order chi connectivity index (χ0) is 16.5. The van der Waals surface area contributed by atoms with Gasteiger partial charge in [-0.1, -0.05) is 16.6 Å². The maximum absolute atomic E-state index is 12.6. The molecule has 1 aromatic heterocycles. The number of nitrogens with one attached hydrogen (secondary N) is 1. The first-order valence-electron chi connectivity index (χ1n) is 8.18. The molecule has 2 bridgehead atoms. The summed E-state index contributed by atoms with van der Waals surface area (Å²) in [5, 5.41) is 7.21. The topological polar surface area (TPSA) is 64.1 Å². The van der Waals surface area contributed by atoms with E-state index in [0.717, 1.165) is 35.3 Å². The number of hydrogen-bond acceptors (Lipinski definition) is 5. The summed E-state index contributed by atoms with van der Waals surface area (Å²) in [7, 11) is 1.63. The van der Waals surface area contributed by atoms with E-state index in [4.69, 9.17) is 4.74 Å². The predicted octanol–water partition coefficient (Wildman–Crippen LogP) is 3.16. The van der Waals surface area contributed by atoms with Crippen molar-refractivity contribution in [2.24, 2.45) is 17.8 Å². The summed E-state index contributed by atoms with van der Waals surface area (Å²) in [6.07, 6.45) is 7.06. The minimum absolute atomic E-state index is 0.0810. The molecule has 2 aromatic rings. The van der Waals surface area contributed by atoms with Crippen molar-refractivity contribution in [3.05, 3.63) is 41.3 Å². The van der Waals surface area contributed by atoms with Gasteiger partial charge in [-0.3, -0.25) is 4.79 Å². The molecule has 6 heteroatoms. The first-order valence-corrected chi connectivity index (χ1v) is 8.95. The normalized spacial score (nSPS) is 24.3. The lowest BCUT2D eigenvalue weighted by atomic mass is 9.93. The van der Waals surface area contributed by atoms with E-state index in [9.17, 15) is 4.79 Å². The fourth-order valence-electron chi connectivity index (χ4n) is 3.71. The van der Waals surface area contributed by atoms with Gasteiger partial charge in [0.1, 0.15) is 16.3 Å². The fraction of sp³-hybridized carbons (Fsp3) is 0.389. The molecule has 1 heterocycles. The van der Waals surface area contributed by atoms with Crippen molar-refractivity contribution in [3.8, 4) is 17.0 Å². The summed E-state index contributed by atoms with van der Waals surface area (Å²) in [5.41, 5.74) is 1.51. The number of allylic oxidation sites excluding steroid dienone is 2. The summed E-state index contributed by atoms with van der Waals surface area (Å²) in [5.74, 6) is 2.61. The molecule has 0 saturated heterocycles. The van der Waals surface area contributed by atoms with Gasteiger partial charge < -0.3 is 10.1 Å². The molecular weight excluding hydrogens is 322 g/mol. The Bertz CT molecular complexity index is 769. The van der Waals surface area contributed by atoms with Crippen molar-refractivity contribution in [1.82, 2.24) is 14.9 Å². The second kappa shape index (κ2) is 6.36. The first-order chi connectivity index (χ1) is 11.7. The minimum atomic E-state index is -0.0810. The van der Waals surface area contributed by atoms with Crippen molar-refractivity contribution in [2.45, 2.75) is 12.8 Å². The van der Waals surface area contributed by atoms with Gasteiger partial charge in [-0.15, -0.1) is 5.10 Å². The van der Waals surface area contributed by atoms with E-state index in [1.165, 1.54) is 12.8 Å². The Balaban J connectivity index is 1.45. The Labute approximate surface area is 144 Å². The van der Waals surface area contributed by atoms with Crippen LogP contribution in [0.2, 0.25) is 0 Å². The third-order valence-electron chi connectivity index (χ3n) is 5.00. The summed E-state index contributed by atoms with van der Waals surface area (Å²) in [6, 6.07) is 7.51. The van der Waals surface area contributed by atoms with Gasteiger partial charge in [-0.2, -0.15) is 0 Å². The molecule has 1 saturated carbocycles. The average molecular weight is 341 g/mol. The lowest BCUT2D eigenvalue weighted by molar-refractivity contribution is 0.0949. The van der Waals surface area contributed by atoms with Crippen LogP contribution in [0.5, 0.6) is 5.75 Å². The van der Waals surface area contributed by atoms with Crippen molar-refractivity contribution < 1.29 is 9.53 Å². The van der Waals surface area contributed by atoms with Crippen LogP contribution in [0.25, 0.3) is 11.3 Å². The lowest BCUT2D eigenvalue weighted by Crippen LogP contribution is -2.30. The van der Waals surface area contributed by atoms with E-state index < -0.39 is 0 Å². The monoisotopic (exact) mass is 341 g/mol. The number of amides is 1. The van der Waals surface area contributed by atoms with E-state index in [-0.39, 0.29) is 5.91 Å². The average Bonchev–Trinajstić information content (AvgIpc) is 3.35. The van der Waals surface area contributed by atoms with Gasteiger partial charge in [-0.05, 0) is 66.4 Å². The maximum atomic E-state index is 12.6. The molecule has 0 spiro atoms. The van der Waals surface area contributed by atoms with Crippen LogP contribution in [0, 0.1) is 17.8 Å². The molecule has 0 aliphatic heterocycles. The Morgan fingerprint density at radius 3 is 2.79 bits per heavy atom. The zero-order valence-corrected chi connectivity index (χ0v) is 14.3. The number of rotatable bonds is 5. The van der Waals surface area contributed by atoms with Gasteiger partial charge in [-0.25, -0.2) is 0 Å². The Hall–Kier alpha value is -2.21. The highest BCUT2D eigenvalue weighted by molar-refractivity contribution is 7.08. The largest absolute Gasteiger partial charge is 0.497 e. The summed E-state index contributed by atoms with van der Waals surface area (Å²) in [4.78, 5) is 13.1. The van der Waals surface area contributed by atoms with Crippen LogP contribution < -0.4 is 10.1 Å². The van der Waals surface area contributed by atoms with E-state index in [2.05, 4.69) is 27.1 Å². The molecule has 0 unspecified atom stereocenters. The molecule has 5 nitrogen and oxygen atoms in total. The van der Waals surface area contributed by atoms with Crippen LogP contribution in [-0.4, -0.2) is 29.1 Å². The van der Waals surface area contributed by atoms with Crippen LogP contribution in [0.1, 0.15) is 22.5 Å².